The number of rotatable bonds is 8. The minimum absolute atomic E-state index is 0.0824. The summed E-state index contributed by atoms with van der Waals surface area (Å²) in [4.78, 5) is 14.6. The zero-order chi connectivity index (χ0) is 20.3. The molecule has 1 fully saturated rings. The van der Waals surface area contributed by atoms with E-state index in [1.54, 1.807) is 17.0 Å². The minimum Gasteiger partial charge on any atom is -0.493 e. The minimum atomic E-state index is -0.647. The third kappa shape index (κ3) is 4.35. The van der Waals surface area contributed by atoms with Crippen molar-refractivity contribution in [3.8, 4) is 17.2 Å². The maximum Gasteiger partial charge on any atom is 0.227 e. The van der Waals surface area contributed by atoms with Gasteiger partial charge in [0.05, 0.1) is 27.8 Å². The molecular weight excluding hydrogens is 368 g/mol. The second-order valence-electron chi connectivity index (χ2n) is 6.70. The first kappa shape index (κ1) is 19.9. The normalized spacial score (nSPS) is 13.2. The van der Waals surface area contributed by atoms with Crippen LogP contribution in [0.3, 0.4) is 0 Å². The Morgan fingerprint density at radius 2 is 1.68 bits per heavy atom. The fourth-order valence-corrected chi connectivity index (χ4v) is 3.15. The summed E-state index contributed by atoms with van der Waals surface area (Å²) in [7, 11) is 4.53. The Balaban J connectivity index is 1.81. The first-order valence-corrected chi connectivity index (χ1v) is 8.99. The molecule has 0 N–H and O–H groups in total. The van der Waals surface area contributed by atoms with Gasteiger partial charge in [0.2, 0.25) is 11.7 Å². The highest BCUT2D eigenvalue weighted by Gasteiger charge is 2.33. The lowest BCUT2D eigenvalue weighted by atomic mass is 10.1. The van der Waals surface area contributed by atoms with Crippen LogP contribution in [0.4, 0.5) is 8.78 Å². The molecule has 0 bridgehead atoms. The summed E-state index contributed by atoms with van der Waals surface area (Å²) in [6.07, 6.45) is 1.86. The van der Waals surface area contributed by atoms with Crippen molar-refractivity contribution in [2.75, 3.05) is 21.3 Å². The van der Waals surface area contributed by atoms with Crippen LogP contribution in [0.15, 0.2) is 30.3 Å². The van der Waals surface area contributed by atoms with Gasteiger partial charge in [-0.2, -0.15) is 0 Å². The van der Waals surface area contributed by atoms with Gasteiger partial charge in [-0.25, -0.2) is 8.78 Å². The molecule has 0 unspecified atom stereocenters. The lowest BCUT2D eigenvalue weighted by Crippen LogP contribution is -2.34. The molecule has 0 heterocycles. The number of carbonyl (C=O) groups excluding carboxylic acids is 1. The molecule has 0 aromatic heterocycles. The van der Waals surface area contributed by atoms with E-state index in [1.165, 1.54) is 33.5 Å². The largest absolute Gasteiger partial charge is 0.493 e. The van der Waals surface area contributed by atoms with E-state index in [4.69, 9.17) is 14.2 Å². The molecule has 0 atom stereocenters. The number of methoxy groups -OCH3 is 3. The fraction of sp³-hybridized carbons (Fsp3) is 0.381. The van der Waals surface area contributed by atoms with E-state index in [1.807, 2.05) is 0 Å². The molecule has 28 heavy (non-hydrogen) atoms. The van der Waals surface area contributed by atoms with Crippen molar-refractivity contribution in [1.29, 1.82) is 0 Å². The first-order chi connectivity index (χ1) is 13.5. The average Bonchev–Trinajstić information content (AvgIpc) is 3.51. The lowest BCUT2D eigenvalue weighted by molar-refractivity contribution is -0.131. The number of benzene rings is 2. The maximum absolute atomic E-state index is 14.0. The summed E-state index contributed by atoms with van der Waals surface area (Å²) in [6, 6.07) is 6.95. The number of carbonyl (C=O) groups is 1. The zero-order valence-corrected chi connectivity index (χ0v) is 16.1. The van der Waals surface area contributed by atoms with E-state index in [9.17, 15) is 13.6 Å². The zero-order valence-electron chi connectivity index (χ0n) is 16.1. The summed E-state index contributed by atoms with van der Waals surface area (Å²) in [5.41, 5.74) is 0.997. The Morgan fingerprint density at radius 3 is 2.18 bits per heavy atom. The molecule has 1 amide bonds. The highest BCUT2D eigenvalue weighted by Crippen LogP contribution is 2.38. The van der Waals surface area contributed by atoms with Crippen molar-refractivity contribution in [3.05, 3.63) is 53.1 Å². The van der Waals surface area contributed by atoms with Gasteiger partial charge in [0, 0.05) is 24.2 Å². The predicted molar refractivity (Wildman–Crippen MR) is 99.7 cm³/mol. The topological polar surface area (TPSA) is 48.0 Å². The van der Waals surface area contributed by atoms with Gasteiger partial charge in [-0.3, -0.25) is 4.79 Å². The van der Waals surface area contributed by atoms with Crippen molar-refractivity contribution in [2.45, 2.75) is 31.8 Å². The third-order valence-corrected chi connectivity index (χ3v) is 4.74. The van der Waals surface area contributed by atoms with Crippen molar-refractivity contribution < 1.29 is 27.8 Å². The van der Waals surface area contributed by atoms with E-state index in [-0.39, 0.29) is 24.9 Å². The molecule has 2 aromatic carbocycles. The smallest absolute Gasteiger partial charge is 0.227 e. The average molecular weight is 391 g/mol. The third-order valence-electron chi connectivity index (χ3n) is 4.74. The molecule has 0 radical (unpaired) electrons. The predicted octanol–water partition coefficient (Wildman–Crippen LogP) is 3.72. The van der Waals surface area contributed by atoms with Crippen molar-refractivity contribution in [2.24, 2.45) is 0 Å². The van der Waals surface area contributed by atoms with Crippen LogP contribution in [-0.4, -0.2) is 38.2 Å². The van der Waals surface area contributed by atoms with Crippen LogP contribution in [0, 0.1) is 11.6 Å². The molecule has 0 spiro atoms. The highest BCUT2D eigenvalue weighted by atomic mass is 19.1. The monoisotopic (exact) mass is 391 g/mol. The number of nitrogens with zero attached hydrogens (tertiary/aromatic N) is 1. The van der Waals surface area contributed by atoms with Crippen LogP contribution in [0.2, 0.25) is 0 Å². The second kappa shape index (κ2) is 8.46. The number of hydrogen-bond donors (Lipinski definition) is 0. The van der Waals surface area contributed by atoms with Crippen molar-refractivity contribution >= 4 is 5.91 Å². The summed E-state index contributed by atoms with van der Waals surface area (Å²) >= 11 is 0. The number of ether oxygens (including phenoxy) is 3. The van der Waals surface area contributed by atoms with Gasteiger partial charge in [0.15, 0.2) is 11.5 Å². The van der Waals surface area contributed by atoms with Crippen LogP contribution in [0.25, 0.3) is 0 Å². The van der Waals surface area contributed by atoms with Gasteiger partial charge in [-0.15, -0.1) is 0 Å². The Labute approximate surface area is 162 Å². The van der Waals surface area contributed by atoms with Gasteiger partial charge >= 0.3 is 0 Å². The summed E-state index contributed by atoms with van der Waals surface area (Å²) in [6.45, 7) is 0.111. The first-order valence-electron chi connectivity index (χ1n) is 8.99. The van der Waals surface area contributed by atoms with Crippen LogP contribution >= 0.6 is 0 Å². The maximum atomic E-state index is 14.0. The summed E-state index contributed by atoms with van der Waals surface area (Å²) < 4.78 is 43.1. The SMILES string of the molecule is COc1cc(CC(=O)N(Cc2ccc(F)cc2F)C2CC2)cc(OC)c1OC. The van der Waals surface area contributed by atoms with Gasteiger partial charge < -0.3 is 19.1 Å². The molecule has 1 aliphatic carbocycles. The molecule has 5 nitrogen and oxygen atoms in total. The molecule has 0 aliphatic heterocycles. The lowest BCUT2D eigenvalue weighted by Gasteiger charge is -2.23. The number of amides is 1. The number of halogens is 2. The fourth-order valence-electron chi connectivity index (χ4n) is 3.15. The van der Waals surface area contributed by atoms with E-state index >= 15 is 0 Å². The van der Waals surface area contributed by atoms with Crippen molar-refractivity contribution in [3.63, 3.8) is 0 Å². The Morgan fingerprint density at radius 1 is 1.04 bits per heavy atom. The molecule has 2 aromatic rings. The van der Waals surface area contributed by atoms with E-state index in [2.05, 4.69) is 0 Å². The van der Waals surface area contributed by atoms with Crippen LogP contribution in [-0.2, 0) is 17.8 Å². The Hall–Kier alpha value is -2.83. The van der Waals surface area contributed by atoms with Crippen LogP contribution in [0.1, 0.15) is 24.0 Å². The van der Waals surface area contributed by atoms with E-state index < -0.39 is 11.6 Å². The van der Waals surface area contributed by atoms with Crippen LogP contribution < -0.4 is 14.2 Å². The number of hydrogen-bond acceptors (Lipinski definition) is 4. The van der Waals surface area contributed by atoms with Gasteiger partial charge in [-0.1, -0.05) is 6.07 Å². The molecule has 150 valence electrons. The standard InChI is InChI=1S/C21H23F2NO4/c1-26-18-8-13(9-19(27-2)21(18)28-3)10-20(25)24(16-6-7-16)12-14-4-5-15(22)11-17(14)23/h4-5,8-9,11,16H,6-7,10,12H2,1-3H3. The Bertz CT molecular complexity index is 842. The summed E-state index contributed by atoms with van der Waals surface area (Å²) in [5, 5.41) is 0. The van der Waals surface area contributed by atoms with Gasteiger partial charge in [0.1, 0.15) is 11.6 Å². The second-order valence-corrected chi connectivity index (χ2v) is 6.70. The quantitative estimate of drug-likeness (QED) is 0.688. The van der Waals surface area contributed by atoms with Crippen molar-refractivity contribution in [1.82, 2.24) is 4.90 Å². The molecule has 3 rings (SSSR count). The molecule has 1 saturated carbocycles. The molecule has 1 aliphatic rings. The molecule has 0 saturated heterocycles. The summed E-state index contributed by atoms with van der Waals surface area (Å²) in [5.74, 6) is -0.0391. The molecule has 7 heteroatoms. The van der Waals surface area contributed by atoms with Gasteiger partial charge in [-0.05, 0) is 36.6 Å². The Kier molecular flexibility index (Phi) is 6.02. The van der Waals surface area contributed by atoms with Crippen LogP contribution in [0.5, 0.6) is 17.2 Å². The highest BCUT2D eigenvalue weighted by molar-refractivity contribution is 5.80. The van der Waals surface area contributed by atoms with E-state index in [0.717, 1.165) is 18.9 Å². The van der Waals surface area contributed by atoms with Gasteiger partial charge in [0.25, 0.3) is 0 Å². The molecular formula is C21H23F2NO4. The van der Waals surface area contributed by atoms with E-state index in [0.29, 0.717) is 28.4 Å².